The summed E-state index contributed by atoms with van der Waals surface area (Å²) in [6.45, 7) is 6.16. The number of fused-ring (bicyclic) bond motifs is 1. The van der Waals surface area contributed by atoms with E-state index in [-0.39, 0.29) is 25.0 Å². The third kappa shape index (κ3) is 2.11. The molecule has 2 N–H and O–H groups in total. The lowest BCUT2D eigenvalue weighted by Gasteiger charge is -2.04. The van der Waals surface area contributed by atoms with Crippen LogP contribution in [0.25, 0.3) is 4.96 Å². The van der Waals surface area contributed by atoms with E-state index in [9.17, 15) is 4.79 Å². The number of hydrogen-bond acceptors (Lipinski definition) is 5. The van der Waals surface area contributed by atoms with E-state index in [2.05, 4.69) is 15.5 Å². The maximum Gasteiger partial charge on any atom is 0.263 e. The van der Waals surface area contributed by atoms with Crippen LogP contribution in [-0.2, 0) is 0 Å². The number of carbonyl (C=O) groups is 1. The summed E-state index contributed by atoms with van der Waals surface area (Å²) in [5.74, 6) is 0.938. The highest BCUT2D eigenvalue weighted by Crippen LogP contribution is 2.25. The molecule has 2 aromatic heterocycles. The van der Waals surface area contributed by atoms with Crippen LogP contribution < -0.4 is 5.32 Å². The van der Waals surface area contributed by atoms with E-state index in [0.717, 1.165) is 16.5 Å². The van der Waals surface area contributed by atoms with Gasteiger partial charge in [0.05, 0.1) is 6.61 Å². The zero-order valence-corrected chi connectivity index (χ0v) is 11.4. The van der Waals surface area contributed by atoms with Gasteiger partial charge in [-0.15, -0.1) is 10.2 Å². The van der Waals surface area contributed by atoms with Crippen LogP contribution in [-0.4, -0.2) is 38.8 Å². The first kappa shape index (κ1) is 13.0. The number of aromatic nitrogens is 3. The number of aliphatic hydroxyl groups excluding tert-OH is 1. The summed E-state index contributed by atoms with van der Waals surface area (Å²) < 4.78 is 1.92. The number of hydrogen-bond donors (Lipinski definition) is 2. The Kier molecular flexibility index (Phi) is 3.63. The Morgan fingerprint density at radius 3 is 2.83 bits per heavy atom. The van der Waals surface area contributed by atoms with Gasteiger partial charge in [-0.3, -0.25) is 9.20 Å². The van der Waals surface area contributed by atoms with Gasteiger partial charge < -0.3 is 10.4 Å². The Morgan fingerprint density at radius 2 is 2.22 bits per heavy atom. The molecule has 0 radical (unpaired) electrons. The van der Waals surface area contributed by atoms with Crippen LogP contribution >= 0.6 is 11.3 Å². The van der Waals surface area contributed by atoms with Gasteiger partial charge >= 0.3 is 0 Å². The minimum absolute atomic E-state index is 0.0634. The first-order valence-electron chi connectivity index (χ1n) is 5.79. The highest BCUT2D eigenvalue weighted by Gasteiger charge is 2.20. The molecular formula is C11H16N4O2S. The zero-order chi connectivity index (χ0) is 13.3. The first-order chi connectivity index (χ1) is 8.56. The molecule has 0 aliphatic carbocycles. The molecule has 2 rings (SSSR count). The average Bonchev–Trinajstić information content (AvgIpc) is 2.87. The minimum atomic E-state index is -0.174. The number of nitrogens with one attached hydrogen (secondary N) is 1. The largest absolute Gasteiger partial charge is 0.395 e. The SMILES string of the molecule is Cc1c(C(=O)NCCO)sc2nnc(C(C)C)n12. The average molecular weight is 268 g/mol. The maximum atomic E-state index is 11.9. The van der Waals surface area contributed by atoms with Crippen molar-refractivity contribution in [3.63, 3.8) is 0 Å². The van der Waals surface area contributed by atoms with Crippen molar-refractivity contribution in [2.24, 2.45) is 0 Å². The van der Waals surface area contributed by atoms with Crippen molar-refractivity contribution in [1.82, 2.24) is 19.9 Å². The fourth-order valence-electron chi connectivity index (χ4n) is 1.76. The fourth-order valence-corrected chi connectivity index (χ4v) is 2.75. The van der Waals surface area contributed by atoms with Crippen LogP contribution in [0.1, 0.15) is 41.0 Å². The van der Waals surface area contributed by atoms with Gasteiger partial charge in [0, 0.05) is 18.2 Å². The van der Waals surface area contributed by atoms with Gasteiger partial charge in [0.1, 0.15) is 10.7 Å². The summed E-state index contributed by atoms with van der Waals surface area (Å²) in [6, 6.07) is 0. The molecule has 0 atom stereocenters. The Hall–Kier alpha value is -1.47. The third-order valence-electron chi connectivity index (χ3n) is 2.64. The van der Waals surface area contributed by atoms with E-state index in [0.29, 0.717) is 4.88 Å². The predicted molar refractivity (Wildman–Crippen MR) is 69.1 cm³/mol. The third-order valence-corrected chi connectivity index (χ3v) is 3.77. The van der Waals surface area contributed by atoms with Crippen molar-refractivity contribution < 1.29 is 9.90 Å². The van der Waals surface area contributed by atoms with Crippen molar-refractivity contribution in [1.29, 1.82) is 0 Å². The molecule has 0 bridgehead atoms. The number of aryl methyl sites for hydroxylation is 1. The number of aliphatic hydroxyl groups is 1. The van der Waals surface area contributed by atoms with Crippen LogP contribution in [0.4, 0.5) is 0 Å². The van der Waals surface area contributed by atoms with E-state index >= 15 is 0 Å². The molecular weight excluding hydrogens is 252 g/mol. The summed E-state index contributed by atoms with van der Waals surface area (Å²) in [4.78, 5) is 13.2. The summed E-state index contributed by atoms with van der Waals surface area (Å²) >= 11 is 1.32. The smallest absolute Gasteiger partial charge is 0.263 e. The highest BCUT2D eigenvalue weighted by molar-refractivity contribution is 7.19. The normalized spacial score (nSPS) is 11.4. The van der Waals surface area contributed by atoms with Crippen LogP contribution in [0.5, 0.6) is 0 Å². The molecule has 1 amide bonds. The molecule has 0 aliphatic rings. The number of amides is 1. The molecule has 0 spiro atoms. The van der Waals surface area contributed by atoms with Gasteiger partial charge in [-0.25, -0.2) is 0 Å². The zero-order valence-electron chi connectivity index (χ0n) is 10.6. The van der Waals surface area contributed by atoms with Gasteiger partial charge in [0.15, 0.2) is 0 Å². The van der Waals surface area contributed by atoms with Crippen molar-refractivity contribution in [3.8, 4) is 0 Å². The number of thiazole rings is 1. The standard InChI is InChI=1S/C11H16N4O2S/c1-6(2)9-13-14-11-15(9)7(3)8(18-11)10(17)12-4-5-16/h6,16H,4-5H2,1-3H3,(H,12,17). The fraction of sp³-hybridized carbons (Fsp3) is 0.545. The van der Waals surface area contributed by atoms with Crippen LogP contribution in [0.3, 0.4) is 0 Å². The lowest BCUT2D eigenvalue weighted by molar-refractivity contribution is 0.0948. The van der Waals surface area contributed by atoms with E-state index in [1.807, 2.05) is 25.2 Å². The predicted octanol–water partition coefficient (Wildman–Crippen LogP) is 0.945. The lowest BCUT2D eigenvalue weighted by Crippen LogP contribution is -2.26. The molecule has 0 aliphatic heterocycles. The number of rotatable bonds is 4. The molecule has 2 aromatic rings. The molecule has 0 fully saturated rings. The molecule has 0 unspecified atom stereocenters. The molecule has 7 heteroatoms. The minimum Gasteiger partial charge on any atom is -0.395 e. The van der Waals surface area contributed by atoms with E-state index in [1.165, 1.54) is 11.3 Å². The van der Waals surface area contributed by atoms with Crippen molar-refractivity contribution in [2.45, 2.75) is 26.7 Å². The van der Waals surface area contributed by atoms with Crippen LogP contribution in [0.2, 0.25) is 0 Å². The van der Waals surface area contributed by atoms with E-state index < -0.39 is 0 Å². The second-order valence-electron chi connectivity index (χ2n) is 4.33. The summed E-state index contributed by atoms with van der Waals surface area (Å²) in [6.07, 6.45) is 0. The van der Waals surface area contributed by atoms with Gasteiger partial charge in [-0.05, 0) is 6.92 Å². The molecule has 0 aromatic carbocycles. The molecule has 0 saturated carbocycles. The monoisotopic (exact) mass is 268 g/mol. The van der Waals surface area contributed by atoms with Crippen LogP contribution in [0.15, 0.2) is 0 Å². The van der Waals surface area contributed by atoms with Gasteiger partial charge in [0.25, 0.3) is 5.91 Å². The van der Waals surface area contributed by atoms with Crippen molar-refractivity contribution in [3.05, 3.63) is 16.4 Å². The Bertz CT molecular complexity index is 573. The van der Waals surface area contributed by atoms with E-state index in [4.69, 9.17) is 5.11 Å². The molecule has 98 valence electrons. The highest BCUT2D eigenvalue weighted by atomic mass is 32.1. The van der Waals surface area contributed by atoms with Crippen molar-refractivity contribution >= 4 is 22.2 Å². The second-order valence-corrected chi connectivity index (χ2v) is 5.30. The summed E-state index contributed by atoms with van der Waals surface area (Å²) in [7, 11) is 0. The van der Waals surface area contributed by atoms with Crippen molar-refractivity contribution in [2.75, 3.05) is 13.2 Å². The van der Waals surface area contributed by atoms with Gasteiger partial charge in [0.2, 0.25) is 4.96 Å². The Balaban J connectivity index is 2.42. The first-order valence-corrected chi connectivity index (χ1v) is 6.61. The number of nitrogens with zero attached hydrogens (tertiary/aromatic N) is 3. The van der Waals surface area contributed by atoms with E-state index in [1.54, 1.807) is 0 Å². The maximum absolute atomic E-state index is 11.9. The molecule has 6 nitrogen and oxygen atoms in total. The molecule has 0 saturated heterocycles. The second kappa shape index (κ2) is 5.03. The lowest BCUT2D eigenvalue weighted by atomic mass is 10.2. The molecule has 2 heterocycles. The van der Waals surface area contributed by atoms with Crippen LogP contribution in [0, 0.1) is 6.92 Å². The van der Waals surface area contributed by atoms with Gasteiger partial charge in [-0.1, -0.05) is 25.2 Å². The molecule has 18 heavy (non-hydrogen) atoms. The Morgan fingerprint density at radius 1 is 1.50 bits per heavy atom. The summed E-state index contributed by atoms with van der Waals surface area (Å²) in [5.41, 5.74) is 0.846. The quantitative estimate of drug-likeness (QED) is 0.865. The Labute approximate surface area is 109 Å². The summed E-state index contributed by atoms with van der Waals surface area (Å²) in [5, 5.41) is 19.6. The topological polar surface area (TPSA) is 79.5 Å². The van der Waals surface area contributed by atoms with Gasteiger partial charge in [-0.2, -0.15) is 0 Å². The number of carbonyl (C=O) groups excluding carboxylic acids is 1.